The molecule has 2 aromatic carbocycles. The molecule has 6 bridgehead atoms. The van der Waals surface area contributed by atoms with E-state index < -0.39 is 17.7 Å². The van der Waals surface area contributed by atoms with E-state index in [-0.39, 0.29) is 17.5 Å². The topological polar surface area (TPSA) is 74.5 Å². The number of piperidine rings is 1. The van der Waals surface area contributed by atoms with Gasteiger partial charge < -0.3 is 23.8 Å². The number of anilines is 1. The van der Waals surface area contributed by atoms with Gasteiger partial charge in [0.1, 0.15) is 23.0 Å². The number of hydrogen-bond acceptors (Lipinski definition) is 7. The van der Waals surface area contributed by atoms with E-state index in [1.165, 1.54) is 13.2 Å². The third-order valence-electron chi connectivity index (χ3n) is 9.38. The highest BCUT2D eigenvalue weighted by atomic mass is 19.1. The lowest BCUT2D eigenvalue weighted by atomic mass is 9.92. The number of fused-ring (bicyclic) bond motifs is 7. The molecule has 5 heterocycles. The van der Waals surface area contributed by atoms with Crippen molar-refractivity contribution in [1.82, 2.24) is 9.38 Å². The highest BCUT2D eigenvalue weighted by molar-refractivity contribution is 5.82. The molecule has 3 aliphatic rings. The van der Waals surface area contributed by atoms with Gasteiger partial charge in [0, 0.05) is 36.8 Å². The number of imidazole rings is 1. The van der Waals surface area contributed by atoms with Crippen LogP contribution in [-0.4, -0.2) is 59.5 Å². The summed E-state index contributed by atoms with van der Waals surface area (Å²) >= 11 is 0. The van der Waals surface area contributed by atoms with Crippen LogP contribution in [0.15, 0.2) is 60.8 Å². The Morgan fingerprint density at radius 1 is 1.08 bits per heavy atom. The van der Waals surface area contributed by atoms with Crippen LogP contribution in [0.5, 0.6) is 5.75 Å². The Morgan fingerprint density at radius 3 is 2.53 bits per heavy atom. The standard InChI is InChI=1S/C40H48FN3O5/c1-25-20-30(41)35-29-14-11-13-28(23-29)31-24-44-33(42-31)22-26(2)34(36(38(45)46-8)49-39(4,5)6)37(44)43-17-15-40(7,16-18-43)47-19-10-9-12-27(3)48-32(35)21-25/h9-11,13-14,20-24,27,36H,12,15-19H2,1-8H3/b10-9+/t27-,36-/m0/s1. The molecule has 0 aliphatic carbocycles. The zero-order valence-electron chi connectivity index (χ0n) is 29.9. The number of rotatable bonds is 3. The van der Waals surface area contributed by atoms with Gasteiger partial charge >= 0.3 is 5.97 Å². The maximum atomic E-state index is 15.8. The van der Waals surface area contributed by atoms with E-state index in [4.69, 9.17) is 23.9 Å². The van der Waals surface area contributed by atoms with Crippen LogP contribution < -0.4 is 9.64 Å². The van der Waals surface area contributed by atoms with Crippen molar-refractivity contribution in [2.24, 2.45) is 0 Å². The number of benzene rings is 2. The minimum Gasteiger partial charge on any atom is -0.490 e. The normalized spacial score (nSPS) is 21.2. The fourth-order valence-electron chi connectivity index (χ4n) is 6.84. The fraction of sp³-hybridized carbons (Fsp3) is 0.450. The molecule has 2 aromatic heterocycles. The molecule has 0 spiro atoms. The van der Waals surface area contributed by atoms with Crippen LogP contribution in [0.25, 0.3) is 28.0 Å². The molecule has 2 atom stereocenters. The second kappa shape index (κ2) is 13.6. The van der Waals surface area contributed by atoms with Crippen molar-refractivity contribution in [3.05, 3.63) is 83.3 Å². The van der Waals surface area contributed by atoms with Gasteiger partial charge in [-0.25, -0.2) is 14.2 Å². The molecule has 49 heavy (non-hydrogen) atoms. The van der Waals surface area contributed by atoms with Crippen LogP contribution in [0.2, 0.25) is 0 Å². The molecule has 0 saturated carbocycles. The molecular weight excluding hydrogens is 621 g/mol. The van der Waals surface area contributed by atoms with E-state index in [0.717, 1.165) is 52.3 Å². The van der Waals surface area contributed by atoms with Crippen LogP contribution in [-0.2, 0) is 19.0 Å². The average molecular weight is 670 g/mol. The zero-order valence-corrected chi connectivity index (χ0v) is 29.9. The Morgan fingerprint density at radius 2 is 1.82 bits per heavy atom. The Hall–Kier alpha value is -4.21. The van der Waals surface area contributed by atoms with Gasteiger partial charge in [-0.1, -0.05) is 30.4 Å². The molecule has 0 radical (unpaired) electrons. The van der Waals surface area contributed by atoms with Crippen LogP contribution in [0.1, 0.15) is 76.7 Å². The lowest BCUT2D eigenvalue weighted by Crippen LogP contribution is -2.45. The maximum Gasteiger partial charge on any atom is 0.339 e. The summed E-state index contributed by atoms with van der Waals surface area (Å²) in [6.07, 6.45) is 7.23. The third kappa shape index (κ3) is 7.38. The minimum absolute atomic E-state index is 0.172. The lowest BCUT2D eigenvalue weighted by Gasteiger charge is -2.41. The predicted octanol–water partition coefficient (Wildman–Crippen LogP) is 8.56. The van der Waals surface area contributed by atoms with Gasteiger partial charge in [-0.05, 0) is 102 Å². The second-order valence-corrected chi connectivity index (χ2v) is 14.6. The van der Waals surface area contributed by atoms with Gasteiger partial charge in [-0.2, -0.15) is 0 Å². The maximum absolute atomic E-state index is 15.8. The highest BCUT2D eigenvalue weighted by Gasteiger charge is 2.37. The van der Waals surface area contributed by atoms with Gasteiger partial charge in [-0.15, -0.1) is 0 Å². The molecule has 8 nitrogen and oxygen atoms in total. The molecule has 7 rings (SSSR count). The number of hydrogen-bond donors (Lipinski definition) is 0. The Labute approximate surface area is 288 Å². The van der Waals surface area contributed by atoms with Crippen molar-refractivity contribution in [1.29, 1.82) is 0 Å². The van der Waals surface area contributed by atoms with E-state index >= 15 is 4.39 Å². The fourth-order valence-corrected chi connectivity index (χ4v) is 6.84. The van der Waals surface area contributed by atoms with Crippen LogP contribution in [0, 0.1) is 19.7 Å². The number of halogens is 1. The number of carbonyl (C=O) groups excluding carboxylic acids is 1. The van der Waals surface area contributed by atoms with Gasteiger partial charge in [0.2, 0.25) is 0 Å². The highest BCUT2D eigenvalue weighted by Crippen LogP contribution is 2.41. The molecular formula is C40H48FN3O5. The summed E-state index contributed by atoms with van der Waals surface area (Å²) in [6, 6.07) is 13.2. The largest absolute Gasteiger partial charge is 0.490 e. The van der Waals surface area contributed by atoms with Crippen molar-refractivity contribution in [2.75, 3.05) is 31.7 Å². The SMILES string of the molecule is COC(=O)[C@@H](OC(C)(C)C)c1c(C)cc2nc3cn2c1N1CCC(C)(CC1)OC/C=C/C[C@H](C)Oc1cc(C)cc(F)c1-c1cccc-3c1. The lowest BCUT2D eigenvalue weighted by molar-refractivity contribution is -0.164. The van der Waals surface area contributed by atoms with Gasteiger partial charge in [0.15, 0.2) is 6.10 Å². The minimum atomic E-state index is -0.954. The van der Waals surface area contributed by atoms with E-state index in [2.05, 4.69) is 22.3 Å². The molecule has 0 amide bonds. The van der Waals surface area contributed by atoms with Crippen molar-refractivity contribution in [2.45, 2.75) is 91.1 Å². The predicted molar refractivity (Wildman–Crippen MR) is 191 cm³/mol. The second-order valence-electron chi connectivity index (χ2n) is 14.6. The number of carbonyl (C=O) groups is 1. The van der Waals surface area contributed by atoms with E-state index in [9.17, 15) is 4.79 Å². The number of aryl methyl sites for hydroxylation is 2. The molecule has 0 unspecified atom stereocenters. The summed E-state index contributed by atoms with van der Waals surface area (Å²) in [4.78, 5) is 20.8. The number of nitrogens with zero attached hydrogens (tertiary/aromatic N) is 3. The number of aromatic nitrogens is 2. The molecule has 1 fully saturated rings. The summed E-state index contributed by atoms with van der Waals surface area (Å²) in [5, 5.41) is 0. The van der Waals surface area contributed by atoms with Crippen LogP contribution in [0.3, 0.4) is 0 Å². The number of esters is 1. The summed E-state index contributed by atoms with van der Waals surface area (Å²) in [6.45, 7) is 15.7. The molecule has 260 valence electrons. The van der Waals surface area contributed by atoms with Gasteiger partial charge in [-0.3, -0.25) is 4.40 Å². The molecule has 4 aromatic rings. The first kappa shape index (κ1) is 34.6. The zero-order chi connectivity index (χ0) is 35.1. The Kier molecular flexibility index (Phi) is 9.61. The summed E-state index contributed by atoms with van der Waals surface area (Å²) in [5.74, 6) is 0.546. The number of methoxy groups -OCH3 is 1. The molecule has 3 aliphatic heterocycles. The first-order valence-electron chi connectivity index (χ1n) is 17.1. The number of pyridine rings is 1. The summed E-state index contributed by atoms with van der Waals surface area (Å²) < 4.78 is 42.4. The first-order valence-corrected chi connectivity index (χ1v) is 17.1. The van der Waals surface area contributed by atoms with Crippen molar-refractivity contribution in [3.63, 3.8) is 0 Å². The third-order valence-corrected chi connectivity index (χ3v) is 9.38. The van der Waals surface area contributed by atoms with Crippen LogP contribution >= 0.6 is 0 Å². The van der Waals surface area contributed by atoms with Crippen molar-refractivity contribution < 1.29 is 28.1 Å². The van der Waals surface area contributed by atoms with E-state index in [1.807, 2.05) is 90.2 Å². The van der Waals surface area contributed by atoms with Crippen molar-refractivity contribution in [3.8, 4) is 28.1 Å². The summed E-state index contributed by atoms with van der Waals surface area (Å²) in [5.41, 5.74) is 4.88. The van der Waals surface area contributed by atoms with Crippen molar-refractivity contribution >= 4 is 17.4 Å². The molecule has 0 N–H and O–H groups in total. The van der Waals surface area contributed by atoms with Gasteiger partial charge in [0.05, 0.1) is 42.3 Å². The average Bonchev–Trinajstić information content (AvgIpc) is 3.46. The smallest absolute Gasteiger partial charge is 0.339 e. The summed E-state index contributed by atoms with van der Waals surface area (Å²) in [7, 11) is 1.39. The molecule has 1 saturated heterocycles. The van der Waals surface area contributed by atoms with E-state index in [1.54, 1.807) is 0 Å². The monoisotopic (exact) mass is 669 g/mol. The van der Waals surface area contributed by atoms with Crippen LogP contribution in [0.4, 0.5) is 10.2 Å². The quantitative estimate of drug-likeness (QED) is 0.160. The molecule has 9 heteroatoms. The Bertz CT molecular complexity index is 1880. The number of ether oxygens (including phenoxy) is 4. The van der Waals surface area contributed by atoms with Gasteiger partial charge in [0.25, 0.3) is 0 Å². The van der Waals surface area contributed by atoms with E-state index in [0.29, 0.717) is 43.0 Å². The Balaban J connectivity index is 1.57. The first-order chi connectivity index (χ1) is 23.2.